The van der Waals surface area contributed by atoms with Crippen LogP contribution in [-0.4, -0.2) is 29.9 Å². The third-order valence-corrected chi connectivity index (χ3v) is 6.12. The monoisotopic (exact) mass is 454 g/mol. The maximum absolute atomic E-state index is 14.1. The van der Waals surface area contributed by atoms with E-state index in [1.165, 1.54) is 24.5 Å². The summed E-state index contributed by atoms with van der Waals surface area (Å²) in [6, 6.07) is 11.1. The summed E-state index contributed by atoms with van der Waals surface area (Å²) in [5, 5.41) is 12.4. The predicted molar refractivity (Wildman–Crippen MR) is 123 cm³/mol. The molecule has 166 valence electrons. The number of halogens is 1. The lowest BCUT2D eigenvalue weighted by atomic mass is 10.0. The van der Waals surface area contributed by atoms with Gasteiger partial charge in [0.25, 0.3) is 0 Å². The number of H-pyrrole nitrogens is 1. The number of aromatic amines is 1. The van der Waals surface area contributed by atoms with Gasteiger partial charge in [-0.2, -0.15) is 0 Å². The Morgan fingerprint density at radius 1 is 1.09 bits per heavy atom. The normalized spacial score (nSPS) is 11.6. The smallest absolute Gasteiger partial charge is 0.238 e. The van der Waals surface area contributed by atoms with E-state index in [1.807, 2.05) is 13.8 Å². The van der Waals surface area contributed by atoms with Crippen LogP contribution in [0.15, 0.2) is 53.7 Å². The molecule has 0 spiro atoms. The van der Waals surface area contributed by atoms with E-state index in [0.717, 1.165) is 22.2 Å². The Bertz CT molecular complexity index is 1400. The molecule has 8 nitrogen and oxygen atoms in total. The summed E-state index contributed by atoms with van der Waals surface area (Å²) < 4.78 is 37.2. The van der Waals surface area contributed by atoms with Gasteiger partial charge in [0.15, 0.2) is 0 Å². The van der Waals surface area contributed by atoms with Gasteiger partial charge in [-0.1, -0.05) is 12.1 Å². The summed E-state index contributed by atoms with van der Waals surface area (Å²) >= 11 is 0. The fourth-order valence-corrected chi connectivity index (χ4v) is 4.25. The van der Waals surface area contributed by atoms with Crippen molar-refractivity contribution in [3.05, 3.63) is 71.4 Å². The van der Waals surface area contributed by atoms with Crippen LogP contribution in [0.4, 0.5) is 21.7 Å². The first kappa shape index (κ1) is 21.7. The Labute approximate surface area is 185 Å². The van der Waals surface area contributed by atoms with E-state index in [2.05, 4.69) is 25.6 Å². The van der Waals surface area contributed by atoms with Gasteiger partial charge < -0.3 is 15.6 Å². The molecule has 2 aromatic heterocycles. The average Bonchev–Trinajstić information content (AvgIpc) is 3.08. The Hall–Kier alpha value is -3.50. The number of fused-ring (bicyclic) bond motifs is 1. The summed E-state index contributed by atoms with van der Waals surface area (Å²) in [7, 11) is -3.80. The summed E-state index contributed by atoms with van der Waals surface area (Å²) in [6.45, 7) is 4.50. The number of aromatic nitrogens is 3. The minimum absolute atomic E-state index is 0.00994. The Kier molecular flexibility index (Phi) is 5.81. The maximum Gasteiger partial charge on any atom is 0.238 e. The molecule has 0 saturated heterocycles. The van der Waals surface area contributed by atoms with Gasteiger partial charge in [-0.05, 0) is 55.7 Å². The average molecular weight is 455 g/mol. The van der Waals surface area contributed by atoms with Crippen molar-refractivity contribution in [2.75, 3.05) is 17.2 Å². The third kappa shape index (κ3) is 4.56. The third-order valence-electron chi connectivity index (χ3n) is 5.21. The zero-order chi connectivity index (χ0) is 22.9. The number of anilines is 3. The Morgan fingerprint density at radius 3 is 2.66 bits per heavy atom. The van der Waals surface area contributed by atoms with Crippen LogP contribution in [0.1, 0.15) is 16.8 Å². The molecular formula is C22H23FN6O2S. The first-order valence-electron chi connectivity index (χ1n) is 9.94. The van der Waals surface area contributed by atoms with Crippen LogP contribution in [0.25, 0.3) is 10.9 Å². The fourth-order valence-electron chi connectivity index (χ4n) is 3.69. The van der Waals surface area contributed by atoms with Crippen molar-refractivity contribution < 1.29 is 12.8 Å². The van der Waals surface area contributed by atoms with E-state index >= 15 is 0 Å². The highest BCUT2D eigenvalue weighted by Crippen LogP contribution is 2.28. The molecule has 0 unspecified atom stereocenters. The van der Waals surface area contributed by atoms with Crippen LogP contribution < -0.4 is 15.8 Å². The van der Waals surface area contributed by atoms with Crippen molar-refractivity contribution in [1.82, 2.24) is 15.0 Å². The number of primary sulfonamides is 1. The van der Waals surface area contributed by atoms with Crippen LogP contribution >= 0.6 is 0 Å². The molecule has 0 atom stereocenters. The molecule has 10 heteroatoms. The number of nitrogens with two attached hydrogens (primary N) is 1. The van der Waals surface area contributed by atoms with Crippen molar-refractivity contribution in [2.45, 2.75) is 25.2 Å². The molecule has 4 aromatic rings. The van der Waals surface area contributed by atoms with E-state index < -0.39 is 10.0 Å². The standard InChI is InChI=1S/C22H23FN6O2S/c1-13-6-7-18(23)22-21(13)17(14(2)28-22)8-9-25-19-11-20(27-12-26-19)29-15-4-3-5-16(10-15)32(24,30)31/h3-7,10-12,28H,8-9H2,1-2H3,(H2,24,30,31)(H2,25,26,27,29). The maximum atomic E-state index is 14.1. The Morgan fingerprint density at radius 2 is 1.88 bits per heavy atom. The van der Waals surface area contributed by atoms with Gasteiger partial charge in [0.1, 0.15) is 23.8 Å². The predicted octanol–water partition coefficient (Wildman–Crippen LogP) is 3.76. The van der Waals surface area contributed by atoms with E-state index in [-0.39, 0.29) is 10.7 Å². The first-order valence-corrected chi connectivity index (χ1v) is 11.5. The SMILES string of the molecule is Cc1[nH]c2c(F)ccc(C)c2c1CCNc1cc(Nc2cccc(S(N)(=O)=O)c2)ncn1. The second kappa shape index (κ2) is 8.56. The van der Waals surface area contributed by atoms with E-state index in [9.17, 15) is 12.8 Å². The van der Waals surface area contributed by atoms with E-state index in [1.54, 1.807) is 24.3 Å². The molecule has 0 radical (unpaired) electrons. The molecular weight excluding hydrogens is 431 g/mol. The van der Waals surface area contributed by atoms with Gasteiger partial charge in [-0.25, -0.2) is 27.9 Å². The second-order valence-electron chi connectivity index (χ2n) is 7.51. The molecule has 0 fully saturated rings. The zero-order valence-electron chi connectivity index (χ0n) is 17.6. The van der Waals surface area contributed by atoms with Crippen molar-refractivity contribution in [3.8, 4) is 0 Å². The molecule has 0 amide bonds. The van der Waals surface area contributed by atoms with Gasteiger partial charge in [-0.3, -0.25) is 0 Å². The highest BCUT2D eigenvalue weighted by atomic mass is 32.2. The number of rotatable bonds is 7. The van der Waals surface area contributed by atoms with Gasteiger partial charge >= 0.3 is 0 Å². The fraction of sp³-hybridized carbons (Fsp3) is 0.182. The van der Waals surface area contributed by atoms with Crippen LogP contribution in [0, 0.1) is 19.7 Å². The van der Waals surface area contributed by atoms with Crippen LogP contribution in [0.3, 0.4) is 0 Å². The van der Waals surface area contributed by atoms with Gasteiger partial charge in [-0.15, -0.1) is 0 Å². The highest BCUT2D eigenvalue weighted by molar-refractivity contribution is 7.89. The topological polar surface area (TPSA) is 126 Å². The van der Waals surface area contributed by atoms with Crippen LogP contribution in [0.2, 0.25) is 0 Å². The lowest BCUT2D eigenvalue weighted by Gasteiger charge is -2.10. The Balaban J connectivity index is 1.46. The van der Waals surface area contributed by atoms with Crippen molar-refractivity contribution >= 4 is 38.2 Å². The summed E-state index contributed by atoms with van der Waals surface area (Å²) in [5.74, 6) is 0.840. The molecule has 0 aliphatic heterocycles. The molecule has 5 N–H and O–H groups in total. The minimum atomic E-state index is -3.80. The van der Waals surface area contributed by atoms with Crippen molar-refractivity contribution in [2.24, 2.45) is 5.14 Å². The van der Waals surface area contributed by atoms with Crippen LogP contribution in [0.5, 0.6) is 0 Å². The number of benzene rings is 2. The molecule has 0 saturated carbocycles. The lowest BCUT2D eigenvalue weighted by Crippen LogP contribution is -2.12. The minimum Gasteiger partial charge on any atom is -0.370 e. The summed E-state index contributed by atoms with van der Waals surface area (Å²) in [5.41, 5.74) is 4.10. The number of hydrogen-bond donors (Lipinski definition) is 4. The molecule has 4 rings (SSSR count). The summed E-state index contributed by atoms with van der Waals surface area (Å²) in [4.78, 5) is 11.6. The molecule has 0 bridgehead atoms. The molecule has 0 aliphatic rings. The van der Waals surface area contributed by atoms with Crippen molar-refractivity contribution in [1.29, 1.82) is 0 Å². The number of sulfonamides is 1. The largest absolute Gasteiger partial charge is 0.370 e. The van der Waals surface area contributed by atoms with Gasteiger partial charge in [0.2, 0.25) is 10.0 Å². The number of hydrogen-bond acceptors (Lipinski definition) is 6. The van der Waals surface area contributed by atoms with Crippen LogP contribution in [-0.2, 0) is 16.4 Å². The number of nitrogens with zero attached hydrogens (tertiary/aromatic N) is 2. The molecule has 0 aliphatic carbocycles. The molecule has 2 heterocycles. The zero-order valence-corrected chi connectivity index (χ0v) is 18.4. The van der Waals surface area contributed by atoms with E-state index in [4.69, 9.17) is 5.14 Å². The van der Waals surface area contributed by atoms with Gasteiger partial charge in [0.05, 0.1) is 10.4 Å². The van der Waals surface area contributed by atoms with Gasteiger partial charge in [0, 0.05) is 29.4 Å². The van der Waals surface area contributed by atoms with E-state index in [0.29, 0.717) is 35.8 Å². The number of nitrogens with one attached hydrogen (secondary N) is 3. The molecule has 32 heavy (non-hydrogen) atoms. The lowest BCUT2D eigenvalue weighted by molar-refractivity contribution is 0.598. The highest BCUT2D eigenvalue weighted by Gasteiger charge is 2.14. The second-order valence-corrected chi connectivity index (χ2v) is 9.07. The first-order chi connectivity index (χ1) is 15.2. The van der Waals surface area contributed by atoms with Crippen molar-refractivity contribution in [3.63, 3.8) is 0 Å². The number of aryl methyl sites for hydroxylation is 2. The molecule has 2 aromatic carbocycles. The summed E-state index contributed by atoms with van der Waals surface area (Å²) in [6.07, 6.45) is 2.09. The quantitative estimate of drug-likeness (QED) is 0.337.